The van der Waals surface area contributed by atoms with E-state index < -0.39 is 10.0 Å². The predicted octanol–water partition coefficient (Wildman–Crippen LogP) is -0.301. The maximum absolute atomic E-state index is 12.3. The summed E-state index contributed by atoms with van der Waals surface area (Å²) in [7, 11) is -3.58. The Labute approximate surface area is 164 Å². The number of hydrogen-bond acceptors (Lipinski definition) is 4. The summed E-state index contributed by atoms with van der Waals surface area (Å²) in [6, 6.07) is 17.1. The molecule has 4 rings (SSSR count). The van der Waals surface area contributed by atoms with Gasteiger partial charge in [0.1, 0.15) is 18.9 Å². The number of rotatable bonds is 5. The molecular weight excluding hydrogens is 376 g/mol. The Morgan fingerprint density at radius 2 is 1.89 bits per heavy atom. The molecule has 0 bridgehead atoms. The number of sulfonamides is 1. The van der Waals surface area contributed by atoms with Crippen LogP contribution in [0, 0.1) is 0 Å². The first-order chi connectivity index (χ1) is 13.5. The molecule has 0 radical (unpaired) electrons. The van der Waals surface area contributed by atoms with Crippen molar-refractivity contribution in [2.24, 2.45) is 4.99 Å². The molecule has 3 N–H and O–H groups in total. The molecule has 2 aromatic rings. The van der Waals surface area contributed by atoms with Crippen LogP contribution in [0.2, 0.25) is 0 Å². The van der Waals surface area contributed by atoms with Crippen LogP contribution in [0.3, 0.4) is 0 Å². The van der Waals surface area contributed by atoms with Crippen molar-refractivity contribution in [1.82, 2.24) is 10.0 Å². The van der Waals surface area contributed by atoms with Crippen LogP contribution < -0.4 is 14.9 Å². The molecule has 28 heavy (non-hydrogen) atoms. The van der Waals surface area contributed by atoms with Crippen molar-refractivity contribution in [3.63, 3.8) is 0 Å². The van der Waals surface area contributed by atoms with Crippen LogP contribution in [0.4, 0.5) is 0 Å². The molecule has 0 aliphatic carbocycles. The van der Waals surface area contributed by atoms with Crippen molar-refractivity contribution in [3.8, 4) is 0 Å². The lowest BCUT2D eigenvalue weighted by Crippen LogP contribution is -3.09. The highest BCUT2D eigenvalue weighted by Crippen LogP contribution is 2.21. The zero-order valence-electron chi connectivity index (χ0n) is 15.4. The van der Waals surface area contributed by atoms with Gasteiger partial charge >= 0.3 is 0 Å². The van der Waals surface area contributed by atoms with Crippen LogP contribution in [0.5, 0.6) is 0 Å². The number of nitrogens with zero attached hydrogens (tertiary/aromatic N) is 1. The molecule has 2 aromatic carbocycles. The minimum absolute atomic E-state index is 0.100. The van der Waals surface area contributed by atoms with Gasteiger partial charge in [0.25, 0.3) is 10.0 Å². The first kappa shape index (κ1) is 18.6. The number of fused-ring (bicyclic) bond motifs is 1. The molecule has 1 amide bonds. The first-order valence-electron chi connectivity index (χ1n) is 9.35. The number of nitrogens with one attached hydrogen (secondary N) is 3. The lowest BCUT2D eigenvalue weighted by Gasteiger charge is -2.14. The first-order valence-corrected chi connectivity index (χ1v) is 10.8. The van der Waals surface area contributed by atoms with E-state index in [4.69, 9.17) is 0 Å². The summed E-state index contributed by atoms with van der Waals surface area (Å²) in [6.45, 7) is 2.75. The quantitative estimate of drug-likeness (QED) is 0.645. The van der Waals surface area contributed by atoms with Gasteiger partial charge in [-0.2, -0.15) is 0 Å². The molecular formula is C20H23N4O3S+. The Bertz CT molecular complexity index is 1010. The number of amides is 1. The highest BCUT2D eigenvalue weighted by atomic mass is 32.2. The number of carbonyl (C=O) groups excluding carboxylic acids is 1. The molecule has 7 nitrogen and oxygen atoms in total. The van der Waals surface area contributed by atoms with Crippen molar-refractivity contribution >= 4 is 21.8 Å². The third-order valence-electron chi connectivity index (χ3n) is 5.09. The van der Waals surface area contributed by atoms with E-state index in [1.165, 1.54) is 16.5 Å². The number of aliphatic imine (C=N–C) groups is 1. The average Bonchev–Trinajstić information content (AvgIpc) is 3.23. The fourth-order valence-electron chi connectivity index (χ4n) is 3.77. The van der Waals surface area contributed by atoms with Crippen molar-refractivity contribution in [1.29, 1.82) is 0 Å². The Kier molecular flexibility index (Phi) is 5.15. The second kappa shape index (κ2) is 7.73. The van der Waals surface area contributed by atoms with Gasteiger partial charge in [0.15, 0.2) is 0 Å². The fraction of sp³-hybridized carbons (Fsp3) is 0.300. The van der Waals surface area contributed by atoms with Crippen LogP contribution in [0.25, 0.3) is 0 Å². The Balaban J connectivity index is 1.32. The summed E-state index contributed by atoms with van der Waals surface area (Å²) in [4.78, 5) is 18.1. The molecule has 2 heterocycles. The third kappa shape index (κ3) is 4.07. The van der Waals surface area contributed by atoms with Gasteiger partial charge in [0.2, 0.25) is 5.91 Å². The van der Waals surface area contributed by atoms with E-state index >= 15 is 0 Å². The molecule has 2 aliphatic heterocycles. The monoisotopic (exact) mass is 399 g/mol. The van der Waals surface area contributed by atoms with Crippen molar-refractivity contribution in [3.05, 3.63) is 65.7 Å². The Morgan fingerprint density at radius 3 is 2.71 bits per heavy atom. The molecule has 1 fully saturated rings. The smallest absolute Gasteiger partial charge is 0.263 e. The third-order valence-corrected chi connectivity index (χ3v) is 6.48. The number of carbonyl (C=O) groups is 1. The van der Waals surface area contributed by atoms with E-state index in [0.717, 1.165) is 26.1 Å². The van der Waals surface area contributed by atoms with Crippen molar-refractivity contribution in [2.75, 3.05) is 19.6 Å². The van der Waals surface area contributed by atoms with Crippen LogP contribution >= 0.6 is 0 Å². The number of amidine groups is 1. The van der Waals surface area contributed by atoms with Gasteiger partial charge in [-0.3, -0.25) is 14.5 Å². The lowest BCUT2D eigenvalue weighted by molar-refractivity contribution is -0.901. The minimum atomic E-state index is -3.58. The second-order valence-corrected chi connectivity index (χ2v) is 8.84. The van der Waals surface area contributed by atoms with Gasteiger partial charge in [-0.25, -0.2) is 8.42 Å². The predicted molar refractivity (Wildman–Crippen MR) is 106 cm³/mol. The topological polar surface area (TPSA) is 92.1 Å². The number of benzene rings is 2. The molecule has 0 aromatic heterocycles. The molecule has 8 heteroatoms. The normalized spacial score (nSPS) is 23.9. The Morgan fingerprint density at radius 1 is 1.14 bits per heavy atom. The average molecular weight is 399 g/mol. The summed E-state index contributed by atoms with van der Waals surface area (Å²) in [5, 5.41) is 3.02. The summed E-state index contributed by atoms with van der Waals surface area (Å²) in [5.41, 5.74) is 1.80. The van der Waals surface area contributed by atoms with E-state index in [9.17, 15) is 13.2 Å². The van der Waals surface area contributed by atoms with Crippen LogP contribution in [0.1, 0.15) is 17.5 Å². The molecule has 2 aliphatic rings. The van der Waals surface area contributed by atoms with E-state index in [1.807, 2.05) is 18.2 Å². The van der Waals surface area contributed by atoms with E-state index in [0.29, 0.717) is 5.56 Å². The van der Waals surface area contributed by atoms with Crippen LogP contribution in [0.15, 0.2) is 64.5 Å². The highest BCUT2D eigenvalue weighted by Gasteiger charge is 2.31. The zero-order chi connectivity index (χ0) is 19.6. The molecule has 2 atom stereocenters. The van der Waals surface area contributed by atoms with Gasteiger partial charge in [-0.15, -0.1) is 0 Å². The Hall–Kier alpha value is -2.71. The van der Waals surface area contributed by atoms with E-state index in [2.05, 4.69) is 27.2 Å². The van der Waals surface area contributed by atoms with Gasteiger partial charge < -0.3 is 10.2 Å². The zero-order valence-corrected chi connectivity index (χ0v) is 16.2. The number of quaternary nitrogens is 1. The van der Waals surface area contributed by atoms with Crippen molar-refractivity contribution < 1.29 is 18.1 Å². The van der Waals surface area contributed by atoms with E-state index in [1.54, 1.807) is 18.2 Å². The largest absolute Gasteiger partial charge is 0.346 e. The van der Waals surface area contributed by atoms with Gasteiger partial charge in [0, 0.05) is 17.5 Å². The summed E-state index contributed by atoms with van der Waals surface area (Å²) >= 11 is 0. The lowest BCUT2D eigenvalue weighted by atomic mass is 10.2. The number of hydrogen-bond donors (Lipinski definition) is 3. The fourth-order valence-corrected chi connectivity index (χ4v) is 5.03. The van der Waals surface area contributed by atoms with Gasteiger partial charge in [0.05, 0.1) is 24.0 Å². The molecule has 146 valence electrons. The summed E-state index contributed by atoms with van der Waals surface area (Å²) in [5.74, 6) is 0.0375. The van der Waals surface area contributed by atoms with Crippen LogP contribution in [-0.4, -0.2) is 45.8 Å². The molecule has 1 saturated heterocycles. The molecule has 1 unspecified atom stereocenters. The SMILES string of the molecule is O=C(CN=C1NS(=O)(=O)c2ccccc21)N[C@@H]1CC[NH+](Cc2ccccc2)C1. The van der Waals surface area contributed by atoms with Crippen molar-refractivity contribution in [2.45, 2.75) is 23.9 Å². The minimum Gasteiger partial charge on any atom is -0.346 e. The maximum atomic E-state index is 12.3. The highest BCUT2D eigenvalue weighted by molar-refractivity contribution is 7.90. The standard InChI is InChI=1S/C20H22N4O3S/c25-19(12-21-20-17-8-4-5-9-18(17)28(26,27)23-20)22-16-10-11-24(14-16)13-15-6-2-1-3-7-15/h1-9,16H,10-14H2,(H,21,23)(H,22,25)/p+1/t16-/m1/s1. The second-order valence-electron chi connectivity index (χ2n) is 7.19. The van der Waals surface area contributed by atoms with E-state index in [-0.39, 0.29) is 29.2 Å². The molecule has 0 saturated carbocycles. The van der Waals surface area contributed by atoms with Gasteiger partial charge in [-0.05, 0) is 12.1 Å². The van der Waals surface area contributed by atoms with Gasteiger partial charge in [-0.1, -0.05) is 42.5 Å². The van der Waals surface area contributed by atoms with Crippen LogP contribution in [-0.2, 0) is 21.4 Å². The summed E-state index contributed by atoms with van der Waals surface area (Å²) < 4.78 is 26.6. The maximum Gasteiger partial charge on any atom is 0.263 e. The number of likely N-dealkylation sites (tertiary alicyclic amines) is 1. The summed E-state index contributed by atoms with van der Waals surface area (Å²) in [6.07, 6.45) is 0.930. The molecule has 0 spiro atoms.